The van der Waals surface area contributed by atoms with Crippen LogP contribution in [0.3, 0.4) is 0 Å². The number of rotatable bonds is 7. The minimum absolute atomic E-state index is 0.0343. The SMILES string of the molecule is CC(C)N(C(=O)CSc1nnc(NC(=O)c2ccc(F)cc2)s1)C(C)C. The van der Waals surface area contributed by atoms with E-state index in [1.54, 1.807) is 0 Å². The van der Waals surface area contributed by atoms with E-state index in [2.05, 4.69) is 15.5 Å². The molecule has 26 heavy (non-hydrogen) atoms. The Morgan fingerprint density at radius 3 is 2.35 bits per heavy atom. The van der Waals surface area contributed by atoms with Gasteiger partial charge in [0.05, 0.1) is 5.75 Å². The summed E-state index contributed by atoms with van der Waals surface area (Å²) in [4.78, 5) is 26.3. The summed E-state index contributed by atoms with van der Waals surface area (Å²) in [6, 6.07) is 5.48. The quantitative estimate of drug-likeness (QED) is 0.571. The van der Waals surface area contributed by atoms with E-state index in [0.29, 0.717) is 15.0 Å². The number of carbonyl (C=O) groups is 2. The van der Waals surface area contributed by atoms with Gasteiger partial charge in [-0.05, 0) is 52.0 Å². The maximum Gasteiger partial charge on any atom is 0.257 e. The largest absolute Gasteiger partial charge is 0.337 e. The minimum Gasteiger partial charge on any atom is -0.337 e. The lowest BCUT2D eigenvalue weighted by Gasteiger charge is -2.30. The molecule has 0 spiro atoms. The number of halogens is 1. The van der Waals surface area contributed by atoms with Crippen LogP contribution in [0, 0.1) is 5.82 Å². The standard InChI is InChI=1S/C17H21FN4O2S2/c1-10(2)22(11(3)4)14(23)9-25-17-21-20-16(26-17)19-15(24)12-5-7-13(18)8-6-12/h5-8,10-11H,9H2,1-4H3,(H,19,20,24). The van der Waals surface area contributed by atoms with E-state index in [1.807, 2.05) is 32.6 Å². The number of amides is 2. The van der Waals surface area contributed by atoms with Crippen molar-refractivity contribution < 1.29 is 14.0 Å². The molecule has 0 aliphatic carbocycles. The summed E-state index contributed by atoms with van der Waals surface area (Å²) in [6.07, 6.45) is 0. The van der Waals surface area contributed by atoms with Crippen molar-refractivity contribution >= 4 is 40.0 Å². The summed E-state index contributed by atoms with van der Waals surface area (Å²) in [7, 11) is 0. The fourth-order valence-corrected chi connectivity index (χ4v) is 4.08. The third-order valence-electron chi connectivity index (χ3n) is 3.45. The van der Waals surface area contributed by atoms with Gasteiger partial charge in [-0.2, -0.15) is 0 Å². The molecule has 0 radical (unpaired) electrons. The van der Waals surface area contributed by atoms with Crippen molar-refractivity contribution in [2.24, 2.45) is 0 Å². The maximum absolute atomic E-state index is 12.9. The van der Waals surface area contributed by atoms with Crippen LogP contribution < -0.4 is 5.32 Å². The van der Waals surface area contributed by atoms with Crippen molar-refractivity contribution in [1.82, 2.24) is 15.1 Å². The molecule has 0 aliphatic rings. The summed E-state index contributed by atoms with van der Waals surface area (Å²) in [5, 5.41) is 10.8. The molecule has 2 aromatic rings. The monoisotopic (exact) mass is 396 g/mol. The molecule has 0 unspecified atom stereocenters. The van der Waals surface area contributed by atoms with Gasteiger partial charge in [0.2, 0.25) is 11.0 Å². The summed E-state index contributed by atoms with van der Waals surface area (Å²) in [5.74, 6) is -0.499. The molecule has 1 aromatic heterocycles. The number of carbonyl (C=O) groups excluding carboxylic acids is 2. The first-order chi connectivity index (χ1) is 12.3. The van der Waals surface area contributed by atoms with Crippen molar-refractivity contribution in [2.45, 2.75) is 44.1 Å². The second kappa shape index (κ2) is 9.09. The predicted molar refractivity (Wildman–Crippen MR) is 102 cm³/mol. The van der Waals surface area contributed by atoms with Gasteiger partial charge in [-0.25, -0.2) is 4.39 Å². The Balaban J connectivity index is 1.92. The molecule has 9 heteroatoms. The first-order valence-electron chi connectivity index (χ1n) is 8.12. The van der Waals surface area contributed by atoms with Crippen molar-refractivity contribution in [2.75, 3.05) is 11.1 Å². The van der Waals surface area contributed by atoms with E-state index in [9.17, 15) is 14.0 Å². The normalized spacial score (nSPS) is 11.0. The second-order valence-electron chi connectivity index (χ2n) is 6.11. The number of benzene rings is 1. The van der Waals surface area contributed by atoms with E-state index in [-0.39, 0.29) is 29.7 Å². The van der Waals surface area contributed by atoms with Crippen LogP contribution in [0.15, 0.2) is 28.6 Å². The lowest BCUT2D eigenvalue weighted by atomic mass is 10.2. The third-order valence-corrected chi connectivity index (χ3v) is 5.41. The summed E-state index contributed by atoms with van der Waals surface area (Å²) < 4.78 is 13.5. The number of hydrogen-bond donors (Lipinski definition) is 1. The van der Waals surface area contributed by atoms with Crippen LogP contribution in [-0.4, -0.2) is 44.7 Å². The van der Waals surface area contributed by atoms with Crippen LogP contribution in [0.4, 0.5) is 9.52 Å². The van der Waals surface area contributed by atoms with Gasteiger partial charge in [-0.3, -0.25) is 14.9 Å². The molecule has 0 fully saturated rings. The van der Waals surface area contributed by atoms with E-state index >= 15 is 0 Å². The molecule has 0 atom stereocenters. The predicted octanol–water partition coefficient (Wildman–Crippen LogP) is 3.67. The number of anilines is 1. The van der Waals surface area contributed by atoms with Gasteiger partial charge in [-0.1, -0.05) is 23.1 Å². The highest BCUT2D eigenvalue weighted by molar-refractivity contribution is 8.01. The van der Waals surface area contributed by atoms with E-state index < -0.39 is 5.82 Å². The maximum atomic E-state index is 12.9. The number of thioether (sulfide) groups is 1. The second-order valence-corrected chi connectivity index (χ2v) is 8.31. The molecule has 1 N–H and O–H groups in total. The van der Waals surface area contributed by atoms with Gasteiger partial charge in [-0.15, -0.1) is 10.2 Å². The Bertz CT molecular complexity index is 754. The van der Waals surface area contributed by atoms with Crippen LogP contribution >= 0.6 is 23.1 Å². The van der Waals surface area contributed by atoms with Crippen LogP contribution in [0.25, 0.3) is 0 Å². The van der Waals surface area contributed by atoms with Gasteiger partial charge < -0.3 is 4.90 Å². The van der Waals surface area contributed by atoms with Crippen molar-refractivity contribution in [3.8, 4) is 0 Å². The fourth-order valence-electron chi connectivity index (χ4n) is 2.46. The molecule has 6 nitrogen and oxygen atoms in total. The van der Waals surface area contributed by atoms with Crippen LogP contribution in [0.5, 0.6) is 0 Å². The molecule has 1 aromatic carbocycles. The highest BCUT2D eigenvalue weighted by Gasteiger charge is 2.20. The van der Waals surface area contributed by atoms with E-state index in [1.165, 1.54) is 47.4 Å². The number of nitrogens with zero attached hydrogens (tertiary/aromatic N) is 3. The number of aromatic nitrogens is 2. The van der Waals surface area contributed by atoms with Gasteiger partial charge in [0.1, 0.15) is 5.82 Å². The topological polar surface area (TPSA) is 75.2 Å². The van der Waals surface area contributed by atoms with Gasteiger partial charge in [0.25, 0.3) is 5.91 Å². The van der Waals surface area contributed by atoms with Crippen LogP contribution in [-0.2, 0) is 4.79 Å². The van der Waals surface area contributed by atoms with Gasteiger partial charge in [0.15, 0.2) is 4.34 Å². The summed E-state index contributed by atoms with van der Waals surface area (Å²) in [5.41, 5.74) is 0.329. The molecule has 0 aliphatic heterocycles. The molecular weight excluding hydrogens is 375 g/mol. The molecule has 0 saturated carbocycles. The lowest BCUT2D eigenvalue weighted by Crippen LogP contribution is -2.43. The number of hydrogen-bond acceptors (Lipinski definition) is 6. The molecule has 2 rings (SSSR count). The molecule has 1 heterocycles. The molecule has 140 valence electrons. The zero-order valence-electron chi connectivity index (χ0n) is 15.0. The number of nitrogens with one attached hydrogen (secondary N) is 1. The lowest BCUT2D eigenvalue weighted by molar-refractivity contribution is -0.131. The average Bonchev–Trinajstić information content (AvgIpc) is 3.00. The van der Waals surface area contributed by atoms with Crippen molar-refractivity contribution in [3.63, 3.8) is 0 Å². The van der Waals surface area contributed by atoms with Crippen molar-refractivity contribution in [3.05, 3.63) is 35.6 Å². The molecular formula is C17H21FN4O2S2. The Labute approximate surface area is 160 Å². The summed E-state index contributed by atoms with van der Waals surface area (Å²) in [6.45, 7) is 7.93. The highest BCUT2D eigenvalue weighted by atomic mass is 32.2. The smallest absolute Gasteiger partial charge is 0.257 e. The highest BCUT2D eigenvalue weighted by Crippen LogP contribution is 2.26. The zero-order chi connectivity index (χ0) is 19.3. The van der Waals surface area contributed by atoms with Crippen LogP contribution in [0.1, 0.15) is 38.1 Å². The van der Waals surface area contributed by atoms with Gasteiger partial charge >= 0.3 is 0 Å². The van der Waals surface area contributed by atoms with Crippen molar-refractivity contribution in [1.29, 1.82) is 0 Å². The summed E-state index contributed by atoms with van der Waals surface area (Å²) >= 11 is 2.48. The first-order valence-corrected chi connectivity index (χ1v) is 9.92. The van der Waals surface area contributed by atoms with Crippen LogP contribution in [0.2, 0.25) is 0 Å². The Kier molecular flexibility index (Phi) is 7.10. The average molecular weight is 397 g/mol. The first kappa shape index (κ1) is 20.3. The molecule has 0 saturated heterocycles. The molecule has 0 bridgehead atoms. The zero-order valence-corrected chi connectivity index (χ0v) is 16.7. The Hall–Kier alpha value is -2.00. The van der Waals surface area contributed by atoms with Gasteiger partial charge in [0, 0.05) is 17.6 Å². The third kappa shape index (κ3) is 5.50. The van der Waals surface area contributed by atoms with E-state index in [0.717, 1.165) is 0 Å². The minimum atomic E-state index is -0.405. The molecule has 2 amide bonds. The van der Waals surface area contributed by atoms with E-state index in [4.69, 9.17) is 0 Å². The Morgan fingerprint density at radius 1 is 1.15 bits per heavy atom. The fraction of sp³-hybridized carbons (Fsp3) is 0.412. The Morgan fingerprint density at radius 2 is 1.77 bits per heavy atom.